The fourth-order valence-corrected chi connectivity index (χ4v) is 0.584. The van der Waals surface area contributed by atoms with Crippen LogP contribution < -0.4 is 0 Å². The number of alkyl halides is 3. The lowest BCUT2D eigenvalue weighted by Gasteiger charge is -1.99. The van der Waals surface area contributed by atoms with Crippen LogP contribution in [0.2, 0.25) is 0 Å². The summed E-state index contributed by atoms with van der Waals surface area (Å²) in [5.41, 5.74) is 0.0531. The summed E-state index contributed by atoms with van der Waals surface area (Å²) in [6, 6.07) is 0. The quantitative estimate of drug-likeness (QED) is 0.651. The third-order valence-electron chi connectivity index (χ3n) is 1.07. The topological polar surface area (TPSA) is 48.9 Å². The molecule has 11 heavy (non-hydrogen) atoms. The molecular weight excluding hydrogens is 161 g/mol. The third-order valence-corrected chi connectivity index (χ3v) is 1.07. The van der Waals surface area contributed by atoms with Gasteiger partial charge in [0.15, 0.2) is 0 Å². The van der Waals surface area contributed by atoms with E-state index in [1.54, 1.807) is 0 Å². The van der Waals surface area contributed by atoms with Gasteiger partial charge in [-0.05, 0) is 0 Å². The van der Waals surface area contributed by atoms with Crippen LogP contribution in [0, 0.1) is 0 Å². The Balaban J connectivity index is 2.89. The number of halogens is 3. The maximum Gasteiger partial charge on any atom is 0.449 e. The molecule has 1 aromatic rings. The average Bonchev–Trinajstić information content (AvgIpc) is 2.32. The van der Waals surface area contributed by atoms with Crippen LogP contribution >= 0.6 is 0 Å². The molecule has 0 fully saturated rings. The molecule has 0 aromatic carbocycles. The van der Waals surface area contributed by atoms with Gasteiger partial charge in [0.05, 0.1) is 18.5 Å². The molecule has 0 saturated heterocycles. The number of imidazole rings is 1. The molecule has 0 unspecified atom stereocenters. The van der Waals surface area contributed by atoms with Gasteiger partial charge in [-0.1, -0.05) is 0 Å². The van der Waals surface area contributed by atoms with E-state index >= 15 is 0 Å². The second-order valence-corrected chi connectivity index (χ2v) is 1.91. The second kappa shape index (κ2) is 2.54. The number of nitrogens with one attached hydrogen (secondary N) is 1. The molecule has 0 amide bonds. The standard InChI is InChI=1S/C5H5F3N2O/c6-5(7,8)4-9-1-3(2-11)10-4/h1,11H,2H2,(H,9,10). The Morgan fingerprint density at radius 3 is 2.45 bits per heavy atom. The molecule has 0 aliphatic heterocycles. The van der Waals surface area contributed by atoms with Crippen LogP contribution in [0.1, 0.15) is 11.5 Å². The van der Waals surface area contributed by atoms with E-state index in [-0.39, 0.29) is 5.69 Å². The largest absolute Gasteiger partial charge is 0.449 e. The van der Waals surface area contributed by atoms with Gasteiger partial charge in [0.1, 0.15) is 0 Å². The summed E-state index contributed by atoms with van der Waals surface area (Å²) in [7, 11) is 0. The van der Waals surface area contributed by atoms with Crippen molar-refractivity contribution in [2.24, 2.45) is 0 Å². The van der Waals surface area contributed by atoms with Crippen LogP contribution in [0.3, 0.4) is 0 Å². The van der Waals surface area contributed by atoms with Crippen LogP contribution in [0.5, 0.6) is 0 Å². The predicted octanol–water partition coefficient (Wildman–Crippen LogP) is 0.921. The number of aliphatic hydroxyl groups is 1. The zero-order valence-electron chi connectivity index (χ0n) is 5.31. The smallest absolute Gasteiger partial charge is 0.390 e. The van der Waals surface area contributed by atoms with E-state index in [2.05, 4.69) is 4.98 Å². The minimum absolute atomic E-state index is 0.0531. The van der Waals surface area contributed by atoms with Crippen LogP contribution in [-0.4, -0.2) is 15.1 Å². The first-order valence-corrected chi connectivity index (χ1v) is 2.76. The van der Waals surface area contributed by atoms with Crippen molar-refractivity contribution in [1.29, 1.82) is 0 Å². The average molecular weight is 166 g/mol. The van der Waals surface area contributed by atoms with Gasteiger partial charge in [-0.15, -0.1) is 0 Å². The molecule has 1 aromatic heterocycles. The zero-order chi connectivity index (χ0) is 8.48. The Hall–Kier alpha value is -1.04. The van der Waals surface area contributed by atoms with Gasteiger partial charge in [0, 0.05) is 0 Å². The second-order valence-electron chi connectivity index (χ2n) is 1.91. The molecule has 3 nitrogen and oxygen atoms in total. The molecule has 0 spiro atoms. The summed E-state index contributed by atoms with van der Waals surface area (Å²) in [4.78, 5) is 4.93. The van der Waals surface area contributed by atoms with Gasteiger partial charge in [0.25, 0.3) is 0 Å². The number of aliphatic hydroxyl groups excluding tert-OH is 1. The lowest BCUT2D eigenvalue weighted by Crippen LogP contribution is -2.07. The highest BCUT2D eigenvalue weighted by atomic mass is 19.4. The van der Waals surface area contributed by atoms with Crippen LogP contribution in [0.4, 0.5) is 13.2 Å². The predicted molar refractivity (Wildman–Crippen MR) is 29.5 cm³/mol. The number of nitrogens with zero attached hydrogens (tertiary/aromatic N) is 1. The molecule has 0 aliphatic carbocycles. The Bertz CT molecular complexity index is 242. The molecule has 0 saturated carbocycles. The summed E-state index contributed by atoms with van der Waals surface area (Å²) in [5.74, 6) is -1.08. The highest BCUT2D eigenvalue weighted by Gasteiger charge is 2.34. The molecule has 62 valence electrons. The monoisotopic (exact) mass is 166 g/mol. The number of aromatic nitrogens is 2. The lowest BCUT2D eigenvalue weighted by molar-refractivity contribution is -0.144. The van der Waals surface area contributed by atoms with Gasteiger partial charge in [-0.2, -0.15) is 13.2 Å². The van der Waals surface area contributed by atoms with E-state index in [9.17, 15) is 13.2 Å². The van der Waals surface area contributed by atoms with Crippen molar-refractivity contribution < 1.29 is 18.3 Å². The van der Waals surface area contributed by atoms with Gasteiger partial charge < -0.3 is 10.1 Å². The normalized spacial score (nSPS) is 12.0. The van der Waals surface area contributed by atoms with Crippen molar-refractivity contribution in [2.45, 2.75) is 12.8 Å². The maximum atomic E-state index is 11.8. The number of aromatic amines is 1. The SMILES string of the molecule is OCc1cnc(C(F)(F)F)[nH]1. The fourth-order valence-electron chi connectivity index (χ4n) is 0.584. The zero-order valence-corrected chi connectivity index (χ0v) is 5.31. The molecule has 0 bridgehead atoms. The molecule has 0 atom stereocenters. The Morgan fingerprint density at radius 1 is 1.55 bits per heavy atom. The minimum Gasteiger partial charge on any atom is -0.390 e. The van der Waals surface area contributed by atoms with E-state index in [0.717, 1.165) is 6.20 Å². The van der Waals surface area contributed by atoms with Crippen molar-refractivity contribution in [3.05, 3.63) is 17.7 Å². The van der Waals surface area contributed by atoms with Gasteiger partial charge in [-0.25, -0.2) is 4.98 Å². The van der Waals surface area contributed by atoms with Crippen molar-refractivity contribution in [3.63, 3.8) is 0 Å². The van der Waals surface area contributed by atoms with E-state index < -0.39 is 18.6 Å². The van der Waals surface area contributed by atoms with Crippen molar-refractivity contribution in [3.8, 4) is 0 Å². The van der Waals surface area contributed by atoms with E-state index in [4.69, 9.17) is 5.11 Å². The first-order valence-electron chi connectivity index (χ1n) is 2.76. The molecule has 1 rings (SSSR count). The summed E-state index contributed by atoms with van der Waals surface area (Å²) < 4.78 is 35.3. The summed E-state index contributed by atoms with van der Waals surface area (Å²) in [6.07, 6.45) is -3.52. The highest BCUT2D eigenvalue weighted by molar-refractivity contribution is 5.02. The Morgan fingerprint density at radius 2 is 2.18 bits per heavy atom. The Labute approximate surface area is 59.9 Å². The van der Waals surface area contributed by atoms with E-state index in [1.165, 1.54) is 0 Å². The lowest BCUT2D eigenvalue weighted by atomic mass is 10.5. The van der Waals surface area contributed by atoms with Gasteiger partial charge >= 0.3 is 6.18 Å². The molecule has 1 heterocycles. The summed E-state index contributed by atoms with van der Waals surface area (Å²) in [6.45, 7) is -0.469. The van der Waals surface area contributed by atoms with Crippen molar-refractivity contribution in [1.82, 2.24) is 9.97 Å². The first-order chi connectivity index (χ1) is 5.04. The number of H-pyrrole nitrogens is 1. The first kappa shape index (κ1) is 8.06. The van der Waals surface area contributed by atoms with Crippen LogP contribution in [0.15, 0.2) is 6.20 Å². The highest BCUT2D eigenvalue weighted by Crippen LogP contribution is 2.25. The summed E-state index contributed by atoms with van der Waals surface area (Å²) in [5, 5.41) is 8.38. The number of hydrogen-bond acceptors (Lipinski definition) is 2. The number of rotatable bonds is 1. The molecule has 0 aliphatic rings. The molecule has 0 radical (unpaired) electrons. The van der Waals surface area contributed by atoms with Crippen molar-refractivity contribution in [2.75, 3.05) is 0 Å². The molecule has 2 N–H and O–H groups in total. The van der Waals surface area contributed by atoms with E-state index in [1.807, 2.05) is 4.98 Å². The van der Waals surface area contributed by atoms with Gasteiger partial charge in [-0.3, -0.25) is 0 Å². The summed E-state index contributed by atoms with van der Waals surface area (Å²) >= 11 is 0. The Kier molecular flexibility index (Phi) is 1.86. The third kappa shape index (κ3) is 1.70. The maximum absolute atomic E-state index is 11.8. The van der Waals surface area contributed by atoms with Crippen LogP contribution in [0.25, 0.3) is 0 Å². The fraction of sp³-hybridized carbons (Fsp3) is 0.400. The van der Waals surface area contributed by atoms with Crippen molar-refractivity contribution >= 4 is 0 Å². The van der Waals surface area contributed by atoms with E-state index in [0.29, 0.717) is 0 Å². The minimum atomic E-state index is -4.46. The molecule has 6 heteroatoms. The number of hydrogen-bond donors (Lipinski definition) is 2. The van der Waals surface area contributed by atoms with Gasteiger partial charge in [0.2, 0.25) is 5.82 Å². The molecular formula is C5H5F3N2O. The van der Waals surface area contributed by atoms with Crippen LogP contribution in [-0.2, 0) is 12.8 Å².